The van der Waals surface area contributed by atoms with Crippen molar-refractivity contribution in [3.05, 3.63) is 40.1 Å². The van der Waals surface area contributed by atoms with Crippen molar-refractivity contribution < 1.29 is 14.3 Å². The number of hydrogen-bond acceptors (Lipinski definition) is 3. The van der Waals surface area contributed by atoms with Crippen LogP contribution in [-0.2, 0) is 9.53 Å². The zero-order valence-electron chi connectivity index (χ0n) is 13.3. The Kier molecular flexibility index (Phi) is 4.37. The Morgan fingerprint density at radius 3 is 2.38 bits per heavy atom. The molecule has 3 nitrogen and oxygen atoms in total. The molecular weight excluding hydrogens is 280 g/mol. The molecule has 0 atom stereocenters. The average molecular weight is 302 g/mol. The number of methoxy groups -OCH3 is 2. The van der Waals surface area contributed by atoms with Crippen LogP contribution in [0.4, 0.5) is 0 Å². The van der Waals surface area contributed by atoms with Crippen LogP contribution < -0.4 is 4.74 Å². The van der Waals surface area contributed by atoms with E-state index in [4.69, 9.17) is 9.47 Å². The number of carbonyl (C=O) groups is 1. The number of fused-ring (bicyclic) bond motifs is 1. The van der Waals surface area contributed by atoms with E-state index < -0.39 is 8.07 Å². The topological polar surface area (TPSA) is 35.5 Å². The first-order valence-electron chi connectivity index (χ1n) is 7.03. The van der Waals surface area contributed by atoms with Gasteiger partial charge in [0.2, 0.25) is 0 Å². The van der Waals surface area contributed by atoms with Gasteiger partial charge in [0.1, 0.15) is 17.8 Å². The van der Waals surface area contributed by atoms with Gasteiger partial charge in [-0.3, -0.25) is 4.79 Å². The lowest BCUT2D eigenvalue weighted by Gasteiger charge is -2.24. The highest BCUT2D eigenvalue weighted by atomic mass is 28.3. The van der Waals surface area contributed by atoms with Gasteiger partial charge in [-0.15, -0.1) is 0 Å². The highest BCUT2D eigenvalue weighted by molar-refractivity contribution is 6.84. The second-order valence-corrected chi connectivity index (χ2v) is 11.3. The summed E-state index contributed by atoms with van der Waals surface area (Å²) >= 11 is 0. The third-order valence-electron chi connectivity index (χ3n) is 3.76. The van der Waals surface area contributed by atoms with E-state index >= 15 is 0 Å². The molecule has 0 N–H and O–H groups in total. The van der Waals surface area contributed by atoms with E-state index in [0.717, 1.165) is 34.5 Å². The number of allylic oxidation sites excluding steroid dienone is 2. The van der Waals surface area contributed by atoms with E-state index in [-0.39, 0.29) is 0 Å². The molecule has 0 heterocycles. The number of hydrogen-bond donors (Lipinski definition) is 0. The Bertz CT molecular complexity index is 621. The molecule has 1 aliphatic rings. The Labute approximate surface area is 127 Å². The van der Waals surface area contributed by atoms with Crippen molar-refractivity contribution in [1.82, 2.24) is 0 Å². The molecule has 0 saturated heterocycles. The van der Waals surface area contributed by atoms with Crippen molar-refractivity contribution in [1.29, 1.82) is 0 Å². The lowest BCUT2D eigenvalue weighted by Crippen LogP contribution is -2.26. The Morgan fingerprint density at radius 2 is 1.86 bits per heavy atom. The van der Waals surface area contributed by atoms with Gasteiger partial charge < -0.3 is 9.47 Å². The molecule has 112 valence electrons. The molecule has 0 amide bonds. The van der Waals surface area contributed by atoms with Crippen molar-refractivity contribution in [2.75, 3.05) is 14.2 Å². The van der Waals surface area contributed by atoms with Gasteiger partial charge in [-0.2, -0.15) is 0 Å². The van der Waals surface area contributed by atoms with Gasteiger partial charge in [0.25, 0.3) is 0 Å². The molecule has 0 saturated carbocycles. The second kappa shape index (κ2) is 5.90. The normalized spacial score (nSPS) is 15.0. The first kappa shape index (κ1) is 15.6. The first-order chi connectivity index (χ1) is 9.92. The molecule has 0 bridgehead atoms. The maximum Gasteiger partial charge on any atom is 0.146 e. The summed E-state index contributed by atoms with van der Waals surface area (Å²) in [5, 5.41) is 1.24. The highest BCUT2D eigenvalue weighted by Crippen LogP contribution is 2.40. The summed E-state index contributed by atoms with van der Waals surface area (Å²) < 4.78 is 11.3. The standard InChI is InChI=1S/C17H22O3Si/c1-19-14-8-6-7-13-9-12(11-18)10-15(21(3,4)5)17(20-2)16(13)14/h6-9,11H,10H2,1-5H3. The van der Waals surface area contributed by atoms with E-state index in [2.05, 4.69) is 19.6 Å². The van der Waals surface area contributed by atoms with Gasteiger partial charge >= 0.3 is 0 Å². The molecular formula is C17H22O3Si. The molecule has 21 heavy (non-hydrogen) atoms. The summed E-state index contributed by atoms with van der Waals surface area (Å²) in [4.78, 5) is 11.4. The van der Waals surface area contributed by atoms with Crippen LogP contribution in [0.3, 0.4) is 0 Å². The first-order valence-corrected chi connectivity index (χ1v) is 10.5. The summed E-state index contributed by atoms with van der Waals surface area (Å²) in [6, 6.07) is 5.86. The van der Waals surface area contributed by atoms with E-state index in [1.165, 1.54) is 5.20 Å². The van der Waals surface area contributed by atoms with Gasteiger partial charge in [-0.25, -0.2) is 0 Å². The minimum atomic E-state index is -1.64. The number of rotatable bonds is 4. The van der Waals surface area contributed by atoms with Gasteiger partial charge in [0.15, 0.2) is 0 Å². The zero-order valence-corrected chi connectivity index (χ0v) is 14.3. The molecule has 0 radical (unpaired) electrons. The van der Waals surface area contributed by atoms with Crippen molar-refractivity contribution in [3.8, 4) is 5.75 Å². The summed E-state index contributed by atoms with van der Waals surface area (Å²) in [7, 11) is 1.72. The van der Waals surface area contributed by atoms with Crippen molar-refractivity contribution in [3.63, 3.8) is 0 Å². The smallest absolute Gasteiger partial charge is 0.146 e. The Morgan fingerprint density at radius 1 is 1.14 bits per heavy atom. The maximum absolute atomic E-state index is 11.4. The molecule has 1 aromatic rings. The fourth-order valence-corrected chi connectivity index (χ4v) is 4.32. The molecule has 1 aromatic carbocycles. The number of benzene rings is 1. The third kappa shape index (κ3) is 2.95. The number of aldehydes is 1. The fraction of sp³-hybridized carbons (Fsp3) is 0.353. The maximum atomic E-state index is 11.4. The molecule has 4 heteroatoms. The van der Waals surface area contributed by atoms with Gasteiger partial charge in [0.05, 0.1) is 27.9 Å². The minimum absolute atomic E-state index is 0.653. The van der Waals surface area contributed by atoms with Crippen LogP contribution in [-0.4, -0.2) is 28.6 Å². The monoisotopic (exact) mass is 302 g/mol. The Hall–Kier alpha value is -1.81. The SMILES string of the molecule is COC1=C([Si](C)(C)C)CC(C=O)=Cc2cccc(OC)c21. The van der Waals surface area contributed by atoms with Crippen LogP contribution in [0.2, 0.25) is 19.6 Å². The number of ether oxygens (including phenoxy) is 2. The molecule has 1 aliphatic carbocycles. The quantitative estimate of drug-likeness (QED) is 0.625. The number of carbonyl (C=O) groups excluding carboxylic acids is 1. The molecule has 2 rings (SSSR count). The molecule has 0 aromatic heterocycles. The lowest BCUT2D eigenvalue weighted by atomic mass is 10.0. The second-order valence-electron chi connectivity index (χ2n) is 6.20. The van der Waals surface area contributed by atoms with Crippen LogP contribution in [0.1, 0.15) is 17.5 Å². The summed E-state index contributed by atoms with van der Waals surface area (Å²) in [6.45, 7) is 6.80. The van der Waals surface area contributed by atoms with E-state index in [1.54, 1.807) is 14.2 Å². The Balaban J connectivity index is 2.84. The van der Waals surface area contributed by atoms with E-state index in [0.29, 0.717) is 6.42 Å². The predicted octanol–water partition coefficient (Wildman–Crippen LogP) is 3.92. The van der Waals surface area contributed by atoms with E-state index in [1.807, 2.05) is 24.3 Å². The predicted molar refractivity (Wildman–Crippen MR) is 88.9 cm³/mol. The lowest BCUT2D eigenvalue weighted by molar-refractivity contribution is -0.104. The summed E-state index contributed by atoms with van der Waals surface area (Å²) in [6.07, 6.45) is 3.54. The third-order valence-corrected chi connectivity index (χ3v) is 5.98. The molecule has 0 fully saturated rings. The van der Waals surface area contributed by atoms with Crippen LogP contribution in [0.15, 0.2) is 29.0 Å². The highest BCUT2D eigenvalue weighted by Gasteiger charge is 2.30. The average Bonchev–Trinajstić information content (AvgIpc) is 2.62. The molecule has 0 aliphatic heterocycles. The molecule has 0 spiro atoms. The van der Waals surface area contributed by atoms with E-state index in [9.17, 15) is 4.79 Å². The van der Waals surface area contributed by atoms with Gasteiger partial charge in [0, 0.05) is 0 Å². The van der Waals surface area contributed by atoms with Gasteiger partial charge in [-0.05, 0) is 34.9 Å². The largest absolute Gasteiger partial charge is 0.496 e. The van der Waals surface area contributed by atoms with Crippen LogP contribution in [0.5, 0.6) is 5.75 Å². The van der Waals surface area contributed by atoms with Crippen molar-refractivity contribution >= 4 is 26.2 Å². The fourth-order valence-electron chi connectivity index (χ4n) is 2.67. The minimum Gasteiger partial charge on any atom is -0.496 e. The van der Waals surface area contributed by atoms with Crippen molar-refractivity contribution in [2.24, 2.45) is 0 Å². The van der Waals surface area contributed by atoms with Crippen LogP contribution in [0.25, 0.3) is 11.8 Å². The molecule has 0 unspecified atom stereocenters. The van der Waals surface area contributed by atoms with Gasteiger partial charge in [-0.1, -0.05) is 31.8 Å². The van der Waals surface area contributed by atoms with Crippen molar-refractivity contribution in [2.45, 2.75) is 26.1 Å². The summed E-state index contributed by atoms with van der Waals surface area (Å²) in [5.41, 5.74) is 2.72. The zero-order chi connectivity index (χ0) is 15.6. The van der Waals surface area contributed by atoms with Crippen LogP contribution in [0, 0.1) is 0 Å². The summed E-state index contributed by atoms with van der Waals surface area (Å²) in [5.74, 6) is 1.65. The van der Waals surface area contributed by atoms with Crippen LogP contribution >= 0.6 is 0 Å².